The van der Waals surface area contributed by atoms with Crippen molar-refractivity contribution in [3.05, 3.63) is 34.3 Å². The number of carboxylic acid groups (broad SMARTS) is 1. The first kappa shape index (κ1) is 17.5. The Labute approximate surface area is 143 Å². The minimum Gasteiger partial charge on any atom is -0.481 e. The fraction of sp³-hybridized carbons (Fsp3) is 0.438. The van der Waals surface area contributed by atoms with E-state index >= 15 is 0 Å². The van der Waals surface area contributed by atoms with Crippen LogP contribution in [0.4, 0.5) is 0 Å². The topological polar surface area (TPSA) is 86.7 Å². The van der Waals surface area contributed by atoms with Gasteiger partial charge in [-0.25, -0.2) is 0 Å². The number of rotatable bonds is 5. The summed E-state index contributed by atoms with van der Waals surface area (Å²) < 4.78 is 0.877. The highest BCUT2D eigenvalue weighted by Gasteiger charge is 2.30. The number of carbonyl (C=O) groups is 3. The number of nitrogens with zero attached hydrogens (tertiary/aromatic N) is 1. The Morgan fingerprint density at radius 1 is 1.39 bits per heavy atom. The van der Waals surface area contributed by atoms with Crippen molar-refractivity contribution < 1.29 is 19.5 Å². The van der Waals surface area contributed by atoms with Gasteiger partial charge in [0.25, 0.3) is 0 Å². The summed E-state index contributed by atoms with van der Waals surface area (Å²) in [6.07, 6.45) is 0.560. The second-order valence-corrected chi connectivity index (χ2v) is 6.63. The number of piperidine rings is 1. The highest BCUT2D eigenvalue weighted by atomic mass is 79.9. The van der Waals surface area contributed by atoms with Gasteiger partial charge in [-0.15, -0.1) is 0 Å². The summed E-state index contributed by atoms with van der Waals surface area (Å²) in [5, 5.41) is 11.9. The van der Waals surface area contributed by atoms with Crippen molar-refractivity contribution in [2.45, 2.75) is 25.3 Å². The maximum atomic E-state index is 12.4. The molecular weight excluding hydrogens is 364 g/mol. The smallest absolute Gasteiger partial charge is 0.305 e. The molecule has 0 spiro atoms. The van der Waals surface area contributed by atoms with Crippen LogP contribution in [0.3, 0.4) is 0 Å². The van der Waals surface area contributed by atoms with E-state index in [1.807, 2.05) is 0 Å². The minimum atomic E-state index is -0.988. The summed E-state index contributed by atoms with van der Waals surface area (Å²) in [4.78, 5) is 36.8. The molecule has 6 nitrogen and oxygen atoms in total. The first-order chi connectivity index (χ1) is 10.9. The van der Waals surface area contributed by atoms with E-state index in [1.165, 1.54) is 0 Å². The van der Waals surface area contributed by atoms with Crippen LogP contribution in [-0.4, -0.2) is 41.4 Å². The molecule has 2 N–H and O–H groups in total. The van der Waals surface area contributed by atoms with E-state index in [-0.39, 0.29) is 24.7 Å². The predicted molar refractivity (Wildman–Crippen MR) is 87.6 cm³/mol. The lowest BCUT2D eigenvalue weighted by atomic mass is 9.94. The third-order valence-electron chi connectivity index (χ3n) is 4.00. The van der Waals surface area contributed by atoms with Crippen LogP contribution in [0, 0.1) is 5.92 Å². The number of nitrogens with one attached hydrogen (secondary N) is 1. The maximum Gasteiger partial charge on any atom is 0.305 e. The Morgan fingerprint density at radius 2 is 2.04 bits per heavy atom. The number of hydrogen-bond acceptors (Lipinski definition) is 3. The Balaban J connectivity index is 2.08. The van der Waals surface area contributed by atoms with Gasteiger partial charge in [0.15, 0.2) is 0 Å². The van der Waals surface area contributed by atoms with Crippen LogP contribution in [-0.2, 0) is 14.4 Å². The number of likely N-dealkylation sites (tertiary alicyclic amines) is 1. The molecule has 1 saturated heterocycles. The molecule has 0 unspecified atom stereocenters. The molecule has 0 radical (unpaired) electrons. The fourth-order valence-electron chi connectivity index (χ4n) is 2.58. The quantitative estimate of drug-likeness (QED) is 0.814. The molecule has 124 valence electrons. The van der Waals surface area contributed by atoms with Crippen LogP contribution in [0.25, 0.3) is 0 Å². The largest absolute Gasteiger partial charge is 0.481 e. The lowest BCUT2D eigenvalue weighted by molar-refractivity contribution is -0.140. The third-order valence-corrected chi connectivity index (χ3v) is 4.53. The summed E-state index contributed by atoms with van der Waals surface area (Å²) in [6, 6.07) is 6.54. The van der Waals surface area contributed by atoms with E-state index < -0.39 is 17.9 Å². The van der Waals surface area contributed by atoms with Crippen molar-refractivity contribution in [3.8, 4) is 0 Å². The molecule has 0 bridgehead atoms. The van der Waals surface area contributed by atoms with Crippen LogP contribution >= 0.6 is 15.9 Å². The van der Waals surface area contributed by atoms with E-state index in [2.05, 4.69) is 21.2 Å². The van der Waals surface area contributed by atoms with E-state index in [1.54, 1.807) is 36.2 Å². The second kappa shape index (κ2) is 7.59. The number of carboxylic acids is 1. The molecule has 2 amide bonds. The molecule has 1 aliphatic heterocycles. The van der Waals surface area contributed by atoms with Gasteiger partial charge < -0.3 is 15.3 Å². The summed E-state index contributed by atoms with van der Waals surface area (Å²) in [6.45, 7) is 0.540. The van der Waals surface area contributed by atoms with Crippen LogP contribution in [0.2, 0.25) is 0 Å². The molecule has 0 aliphatic carbocycles. The van der Waals surface area contributed by atoms with Crippen molar-refractivity contribution in [2.24, 2.45) is 5.92 Å². The molecule has 2 rings (SSSR count). The van der Waals surface area contributed by atoms with Crippen LogP contribution in [0.15, 0.2) is 28.7 Å². The molecule has 1 heterocycles. The lowest BCUT2D eigenvalue weighted by Crippen LogP contribution is -2.43. The summed E-state index contributed by atoms with van der Waals surface area (Å²) in [7, 11) is 1.71. The van der Waals surface area contributed by atoms with Gasteiger partial charge in [0.05, 0.1) is 12.5 Å². The van der Waals surface area contributed by atoms with Crippen molar-refractivity contribution in [2.75, 3.05) is 13.6 Å². The molecule has 1 aliphatic rings. The van der Waals surface area contributed by atoms with Crippen molar-refractivity contribution >= 4 is 33.7 Å². The molecule has 0 aromatic heterocycles. The van der Waals surface area contributed by atoms with E-state index in [0.717, 1.165) is 10.0 Å². The zero-order valence-corrected chi connectivity index (χ0v) is 14.4. The summed E-state index contributed by atoms with van der Waals surface area (Å²) in [5.74, 6) is -1.71. The van der Waals surface area contributed by atoms with Gasteiger partial charge in [0.1, 0.15) is 0 Å². The van der Waals surface area contributed by atoms with Crippen LogP contribution in [0.1, 0.15) is 30.9 Å². The highest BCUT2D eigenvalue weighted by Crippen LogP contribution is 2.23. The van der Waals surface area contributed by atoms with Gasteiger partial charge >= 0.3 is 5.97 Å². The molecule has 2 atom stereocenters. The SMILES string of the molecule is CN1CC[C@@H](C(=O)N[C@@H](CC(=O)O)c2ccc(Br)cc2)CC1=O. The Hall–Kier alpha value is -1.89. The summed E-state index contributed by atoms with van der Waals surface area (Å²) in [5.41, 5.74) is 0.725. The van der Waals surface area contributed by atoms with Crippen molar-refractivity contribution in [1.82, 2.24) is 10.2 Å². The van der Waals surface area contributed by atoms with Crippen molar-refractivity contribution in [1.29, 1.82) is 0 Å². The monoisotopic (exact) mass is 382 g/mol. The zero-order chi connectivity index (χ0) is 17.0. The lowest BCUT2D eigenvalue weighted by Gasteiger charge is -2.29. The van der Waals surface area contributed by atoms with E-state index in [4.69, 9.17) is 5.11 Å². The minimum absolute atomic E-state index is 0.0603. The molecule has 1 fully saturated rings. The number of halogens is 1. The Kier molecular flexibility index (Phi) is 5.76. The number of aliphatic carboxylic acids is 1. The Morgan fingerprint density at radius 3 is 2.61 bits per heavy atom. The first-order valence-corrected chi connectivity index (χ1v) is 8.17. The van der Waals surface area contributed by atoms with Gasteiger partial charge in [0, 0.05) is 30.4 Å². The molecule has 7 heteroatoms. The number of amides is 2. The van der Waals surface area contributed by atoms with Crippen LogP contribution in [0.5, 0.6) is 0 Å². The van der Waals surface area contributed by atoms with E-state index in [9.17, 15) is 14.4 Å². The van der Waals surface area contributed by atoms with Gasteiger partial charge in [-0.2, -0.15) is 0 Å². The molecule has 1 aromatic carbocycles. The van der Waals surface area contributed by atoms with Gasteiger partial charge in [-0.3, -0.25) is 14.4 Å². The van der Waals surface area contributed by atoms with Gasteiger partial charge in [-0.1, -0.05) is 28.1 Å². The van der Waals surface area contributed by atoms with Crippen molar-refractivity contribution in [3.63, 3.8) is 0 Å². The van der Waals surface area contributed by atoms with Crippen LogP contribution < -0.4 is 5.32 Å². The second-order valence-electron chi connectivity index (χ2n) is 5.72. The molecular formula is C16H19BrN2O4. The average Bonchev–Trinajstić information content (AvgIpc) is 2.49. The summed E-state index contributed by atoms with van der Waals surface area (Å²) >= 11 is 3.33. The molecule has 1 aromatic rings. The van der Waals surface area contributed by atoms with E-state index in [0.29, 0.717) is 13.0 Å². The molecule has 0 saturated carbocycles. The normalized spacial score (nSPS) is 19.3. The predicted octanol–water partition coefficient (Wildman–Crippen LogP) is 1.95. The number of carbonyl (C=O) groups excluding carboxylic acids is 2. The zero-order valence-electron chi connectivity index (χ0n) is 12.8. The fourth-order valence-corrected chi connectivity index (χ4v) is 2.84. The third kappa shape index (κ3) is 4.79. The highest BCUT2D eigenvalue weighted by molar-refractivity contribution is 9.10. The number of benzene rings is 1. The Bertz CT molecular complexity index is 603. The maximum absolute atomic E-state index is 12.4. The van der Waals surface area contributed by atoms with Gasteiger partial charge in [0.2, 0.25) is 11.8 Å². The average molecular weight is 383 g/mol. The standard InChI is InChI=1S/C16H19BrN2O4/c1-19-7-6-11(8-14(19)20)16(23)18-13(9-15(21)22)10-2-4-12(17)5-3-10/h2-5,11,13H,6-9H2,1H3,(H,18,23)(H,21,22)/t11-,13+/m1/s1. The molecule has 23 heavy (non-hydrogen) atoms. The number of hydrogen-bond donors (Lipinski definition) is 2. The van der Waals surface area contributed by atoms with Gasteiger partial charge in [-0.05, 0) is 24.1 Å². The first-order valence-electron chi connectivity index (χ1n) is 7.38.